The number of ether oxygens (including phenoxy) is 2. The summed E-state index contributed by atoms with van der Waals surface area (Å²) >= 11 is 7.64. The summed E-state index contributed by atoms with van der Waals surface area (Å²) in [5.74, 6) is -0.450. The Morgan fingerprint density at radius 2 is 1.71 bits per heavy atom. The van der Waals surface area contributed by atoms with Gasteiger partial charge in [-0.2, -0.15) is 0 Å². The third-order valence-electron chi connectivity index (χ3n) is 4.10. The van der Waals surface area contributed by atoms with Gasteiger partial charge < -0.3 is 14.0 Å². The van der Waals surface area contributed by atoms with Crippen molar-refractivity contribution in [1.29, 1.82) is 0 Å². The molecule has 0 bridgehead atoms. The van der Waals surface area contributed by atoms with E-state index < -0.39 is 11.9 Å². The molecule has 0 spiro atoms. The van der Waals surface area contributed by atoms with Crippen molar-refractivity contribution >= 4 is 35.3 Å². The Bertz CT molecular complexity index is 813. The van der Waals surface area contributed by atoms with Gasteiger partial charge in [0.25, 0.3) is 0 Å². The minimum Gasteiger partial charge on any atom is -0.465 e. The van der Waals surface area contributed by atoms with Crippen LogP contribution in [0.4, 0.5) is 0 Å². The van der Waals surface area contributed by atoms with E-state index in [-0.39, 0.29) is 10.9 Å². The second-order valence-electron chi connectivity index (χ2n) is 5.35. The number of hydrogen-bond donors (Lipinski definition) is 0. The highest BCUT2D eigenvalue weighted by atomic mass is 35.5. The van der Waals surface area contributed by atoms with Crippen LogP contribution in [0, 0.1) is 6.92 Å². The van der Waals surface area contributed by atoms with E-state index in [4.69, 9.17) is 21.1 Å². The van der Waals surface area contributed by atoms with Gasteiger partial charge in [-0.05, 0) is 24.6 Å². The Hall–Kier alpha value is -1.92. The zero-order valence-corrected chi connectivity index (χ0v) is 15.0. The monoisotopic (exact) mass is 365 g/mol. The first kappa shape index (κ1) is 16.9. The van der Waals surface area contributed by atoms with Crippen LogP contribution in [0.2, 0.25) is 5.02 Å². The summed E-state index contributed by atoms with van der Waals surface area (Å²) in [4.78, 5) is 24.4. The summed E-state index contributed by atoms with van der Waals surface area (Å²) in [7, 11) is 2.61. The van der Waals surface area contributed by atoms with Gasteiger partial charge in [-0.1, -0.05) is 23.7 Å². The maximum atomic E-state index is 12.2. The Morgan fingerprint density at radius 1 is 1.12 bits per heavy atom. The SMILES string of the molecule is COC(=O)c1c(C(=O)OC)c2n(c1C)[C@H](c1ccc(Cl)cc1)SC2. The van der Waals surface area contributed by atoms with Crippen LogP contribution in [0.25, 0.3) is 0 Å². The van der Waals surface area contributed by atoms with Gasteiger partial charge in [0.15, 0.2) is 0 Å². The molecule has 2 aromatic rings. The molecule has 7 heteroatoms. The fourth-order valence-electron chi connectivity index (χ4n) is 3.01. The number of aromatic nitrogens is 1. The molecule has 1 atom stereocenters. The molecule has 0 unspecified atom stereocenters. The maximum Gasteiger partial charge on any atom is 0.340 e. The first-order chi connectivity index (χ1) is 11.5. The standard InChI is InChI=1S/C17H16ClNO4S/c1-9-13(16(20)22-2)14(17(21)23-3)12-8-24-15(19(9)12)10-4-6-11(18)7-5-10/h4-7,15H,8H2,1-3H3/t15-/m0/s1. The van der Waals surface area contributed by atoms with E-state index in [9.17, 15) is 9.59 Å². The van der Waals surface area contributed by atoms with Crippen molar-refractivity contribution in [3.63, 3.8) is 0 Å². The quantitative estimate of drug-likeness (QED) is 0.774. The maximum absolute atomic E-state index is 12.2. The molecule has 1 aliphatic rings. The van der Waals surface area contributed by atoms with Crippen LogP contribution in [-0.2, 0) is 15.2 Å². The summed E-state index contributed by atoms with van der Waals surface area (Å²) in [6.07, 6.45) is 0. The minimum atomic E-state index is -0.533. The largest absolute Gasteiger partial charge is 0.465 e. The minimum absolute atomic E-state index is 0.0286. The van der Waals surface area contributed by atoms with Crippen LogP contribution < -0.4 is 0 Å². The van der Waals surface area contributed by atoms with Crippen molar-refractivity contribution in [3.8, 4) is 0 Å². The third-order valence-corrected chi connectivity index (χ3v) is 5.59. The number of carbonyl (C=O) groups excluding carboxylic acids is 2. The van der Waals surface area contributed by atoms with Gasteiger partial charge in [-0.3, -0.25) is 0 Å². The number of thioether (sulfide) groups is 1. The molecule has 126 valence electrons. The lowest BCUT2D eigenvalue weighted by atomic mass is 10.1. The van der Waals surface area contributed by atoms with Gasteiger partial charge in [-0.15, -0.1) is 11.8 Å². The number of carbonyl (C=O) groups is 2. The molecule has 3 rings (SSSR count). The van der Waals surface area contributed by atoms with E-state index >= 15 is 0 Å². The van der Waals surface area contributed by atoms with Crippen molar-refractivity contribution in [2.45, 2.75) is 18.1 Å². The predicted molar refractivity (Wildman–Crippen MR) is 92.7 cm³/mol. The van der Waals surface area contributed by atoms with Gasteiger partial charge in [0.1, 0.15) is 5.37 Å². The lowest BCUT2D eigenvalue weighted by molar-refractivity contribution is 0.0555. The van der Waals surface area contributed by atoms with Crippen LogP contribution in [0.3, 0.4) is 0 Å². The molecule has 2 heterocycles. The summed E-state index contributed by atoms with van der Waals surface area (Å²) in [5.41, 5.74) is 3.10. The molecule has 0 amide bonds. The van der Waals surface area contributed by atoms with Crippen LogP contribution in [-0.4, -0.2) is 30.7 Å². The van der Waals surface area contributed by atoms with E-state index in [1.54, 1.807) is 11.8 Å². The third kappa shape index (κ3) is 2.59. The fourth-order valence-corrected chi connectivity index (χ4v) is 4.52. The topological polar surface area (TPSA) is 57.5 Å². The molecule has 1 aromatic heterocycles. The number of halogens is 1. The summed E-state index contributed by atoms with van der Waals surface area (Å²) < 4.78 is 11.7. The molecule has 0 saturated heterocycles. The van der Waals surface area contributed by atoms with Gasteiger partial charge in [0, 0.05) is 22.2 Å². The molecule has 0 N–H and O–H groups in total. The van der Waals surface area contributed by atoms with Crippen LogP contribution in [0.5, 0.6) is 0 Å². The van der Waals surface area contributed by atoms with E-state index in [0.717, 1.165) is 11.3 Å². The number of nitrogens with zero attached hydrogens (tertiary/aromatic N) is 1. The van der Waals surface area contributed by atoms with Crippen molar-refractivity contribution in [2.24, 2.45) is 0 Å². The summed E-state index contributed by atoms with van der Waals surface area (Å²) in [6, 6.07) is 7.56. The first-order valence-electron chi connectivity index (χ1n) is 7.27. The van der Waals surface area contributed by atoms with Crippen molar-refractivity contribution in [3.05, 3.63) is 57.4 Å². The van der Waals surface area contributed by atoms with Crippen molar-refractivity contribution < 1.29 is 19.1 Å². The highest BCUT2D eigenvalue weighted by Gasteiger charge is 2.37. The number of benzene rings is 1. The zero-order valence-electron chi connectivity index (χ0n) is 13.5. The summed E-state index contributed by atoms with van der Waals surface area (Å²) in [5, 5.41) is 0.635. The Balaban J connectivity index is 2.18. The van der Waals surface area contributed by atoms with Crippen LogP contribution in [0.15, 0.2) is 24.3 Å². The van der Waals surface area contributed by atoms with Gasteiger partial charge in [0.05, 0.1) is 25.3 Å². The Labute approximate surface area is 148 Å². The lowest BCUT2D eigenvalue weighted by Crippen LogP contribution is -2.12. The average molecular weight is 366 g/mol. The second-order valence-corrected chi connectivity index (χ2v) is 6.86. The molecular weight excluding hydrogens is 350 g/mol. The van der Waals surface area contributed by atoms with E-state index in [1.807, 2.05) is 35.8 Å². The molecule has 1 aliphatic heterocycles. The van der Waals surface area contributed by atoms with E-state index in [0.29, 0.717) is 22.0 Å². The molecule has 1 aromatic carbocycles. The number of hydrogen-bond acceptors (Lipinski definition) is 5. The molecule has 0 radical (unpaired) electrons. The van der Waals surface area contributed by atoms with Gasteiger partial charge in [-0.25, -0.2) is 9.59 Å². The number of fused-ring (bicyclic) bond motifs is 1. The summed E-state index contributed by atoms with van der Waals surface area (Å²) in [6.45, 7) is 1.82. The van der Waals surface area contributed by atoms with Crippen molar-refractivity contribution in [1.82, 2.24) is 4.57 Å². The molecule has 5 nitrogen and oxygen atoms in total. The van der Waals surface area contributed by atoms with E-state index in [2.05, 4.69) is 0 Å². The Kier molecular flexibility index (Phi) is 4.60. The second kappa shape index (κ2) is 6.53. The molecule has 0 saturated carbocycles. The average Bonchev–Trinajstić information content (AvgIpc) is 3.13. The fraction of sp³-hybridized carbons (Fsp3) is 0.294. The van der Waals surface area contributed by atoms with Gasteiger partial charge in [0.2, 0.25) is 0 Å². The van der Waals surface area contributed by atoms with Crippen LogP contribution in [0.1, 0.15) is 43.0 Å². The van der Waals surface area contributed by atoms with E-state index in [1.165, 1.54) is 14.2 Å². The van der Waals surface area contributed by atoms with Crippen LogP contribution >= 0.6 is 23.4 Å². The lowest BCUT2D eigenvalue weighted by Gasteiger charge is -2.16. The first-order valence-corrected chi connectivity index (χ1v) is 8.69. The molecule has 24 heavy (non-hydrogen) atoms. The predicted octanol–water partition coefficient (Wildman–Crippen LogP) is 3.82. The highest BCUT2D eigenvalue weighted by Crippen LogP contribution is 2.45. The molecular formula is C17H16ClNO4S. The smallest absolute Gasteiger partial charge is 0.340 e. The zero-order chi connectivity index (χ0) is 17.4. The number of rotatable bonds is 3. The van der Waals surface area contributed by atoms with Crippen molar-refractivity contribution in [2.75, 3.05) is 14.2 Å². The normalized spacial score (nSPS) is 15.9. The van der Waals surface area contributed by atoms with Gasteiger partial charge >= 0.3 is 11.9 Å². The number of esters is 2. The highest BCUT2D eigenvalue weighted by molar-refractivity contribution is 7.99. The number of methoxy groups -OCH3 is 2. The Morgan fingerprint density at radius 3 is 2.29 bits per heavy atom. The molecule has 0 fully saturated rings. The molecule has 0 aliphatic carbocycles.